The third kappa shape index (κ3) is 4.32. The summed E-state index contributed by atoms with van der Waals surface area (Å²) in [5.74, 6) is 0.446. The van der Waals surface area contributed by atoms with E-state index >= 15 is 0 Å². The molecule has 1 amide bonds. The largest absolute Gasteiger partial charge is 0.497 e. The molecule has 0 aliphatic heterocycles. The van der Waals surface area contributed by atoms with Crippen molar-refractivity contribution in [3.8, 4) is 17.0 Å². The van der Waals surface area contributed by atoms with E-state index in [1.807, 2.05) is 30.3 Å². The molecule has 0 atom stereocenters. The van der Waals surface area contributed by atoms with Gasteiger partial charge in [-0.15, -0.1) is 0 Å². The number of carbonyl (C=O) groups excluding carboxylic acids is 1. The van der Waals surface area contributed by atoms with Crippen LogP contribution in [0.3, 0.4) is 0 Å². The van der Waals surface area contributed by atoms with Crippen LogP contribution in [-0.4, -0.2) is 33.0 Å². The number of aromatic nitrogens is 4. The Balaban J connectivity index is 1.43. The summed E-state index contributed by atoms with van der Waals surface area (Å²) in [7, 11) is 1.59. The van der Waals surface area contributed by atoms with Gasteiger partial charge in [0.15, 0.2) is 5.82 Å². The van der Waals surface area contributed by atoms with E-state index in [1.54, 1.807) is 36.2 Å². The highest BCUT2D eigenvalue weighted by Gasteiger charge is 2.13. The quantitative estimate of drug-likeness (QED) is 0.525. The Morgan fingerprint density at radius 1 is 1.17 bits per heavy atom. The number of carbonyl (C=O) groups is 1. The van der Waals surface area contributed by atoms with Crippen molar-refractivity contribution in [3.63, 3.8) is 0 Å². The van der Waals surface area contributed by atoms with Crippen molar-refractivity contribution in [3.05, 3.63) is 83.9 Å². The molecule has 146 valence electrons. The van der Waals surface area contributed by atoms with E-state index in [1.165, 1.54) is 12.1 Å². The van der Waals surface area contributed by atoms with E-state index in [4.69, 9.17) is 4.74 Å². The highest BCUT2D eigenvalue weighted by Crippen LogP contribution is 2.22. The van der Waals surface area contributed by atoms with Gasteiger partial charge >= 0.3 is 0 Å². The van der Waals surface area contributed by atoms with Gasteiger partial charge in [0.05, 0.1) is 19.3 Å². The van der Waals surface area contributed by atoms with Gasteiger partial charge in [0, 0.05) is 17.8 Å². The molecule has 2 aromatic carbocycles. The van der Waals surface area contributed by atoms with Crippen molar-refractivity contribution >= 4 is 11.7 Å². The van der Waals surface area contributed by atoms with E-state index in [0.29, 0.717) is 29.5 Å². The van der Waals surface area contributed by atoms with Gasteiger partial charge in [-0.3, -0.25) is 14.6 Å². The Kier molecular flexibility index (Phi) is 5.07. The molecule has 2 aromatic heterocycles. The van der Waals surface area contributed by atoms with Gasteiger partial charge in [0.2, 0.25) is 0 Å². The molecule has 2 N–H and O–H groups in total. The standard InChI is InChI=1S/C21H18FN5O2/c1-29-17-7-3-5-15(11-17)18-12-19(25-24-18)21(28)23-20-8-9-27(26-20)13-14-4-2-6-16(22)10-14/h2-12H,13H2,1H3,(H,24,25)(H,23,26,28). The van der Waals surface area contributed by atoms with Crippen LogP contribution in [0.5, 0.6) is 5.75 Å². The third-order valence-electron chi connectivity index (χ3n) is 4.30. The summed E-state index contributed by atoms with van der Waals surface area (Å²) in [6.07, 6.45) is 1.72. The SMILES string of the molecule is COc1cccc(-c2cc(C(=O)Nc3ccn(Cc4cccc(F)c4)n3)[nH]n2)c1. The molecule has 0 saturated carbocycles. The van der Waals surface area contributed by atoms with Crippen LogP contribution in [0.2, 0.25) is 0 Å². The molecule has 0 bridgehead atoms. The number of H-pyrrole nitrogens is 1. The minimum Gasteiger partial charge on any atom is -0.497 e. The highest BCUT2D eigenvalue weighted by molar-refractivity contribution is 6.02. The number of hydrogen-bond acceptors (Lipinski definition) is 4. The van der Waals surface area contributed by atoms with Gasteiger partial charge in [0.1, 0.15) is 17.3 Å². The zero-order valence-corrected chi connectivity index (χ0v) is 15.6. The number of anilines is 1. The number of benzene rings is 2. The van der Waals surface area contributed by atoms with Crippen LogP contribution >= 0.6 is 0 Å². The van der Waals surface area contributed by atoms with Gasteiger partial charge in [-0.25, -0.2) is 4.39 Å². The van der Waals surface area contributed by atoms with Crippen LogP contribution < -0.4 is 10.1 Å². The maximum Gasteiger partial charge on any atom is 0.274 e. The predicted octanol–water partition coefficient (Wildman–Crippen LogP) is 3.72. The number of halogens is 1. The van der Waals surface area contributed by atoms with E-state index in [2.05, 4.69) is 20.6 Å². The second-order valence-corrected chi connectivity index (χ2v) is 6.38. The Labute approximate surface area is 166 Å². The van der Waals surface area contributed by atoms with Crippen molar-refractivity contribution in [1.82, 2.24) is 20.0 Å². The minimum atomic E-state index is -0.359. The lowest BCUT2D eigenvalue weighted by molar-refractivity contribution is 0.102. The summed E-state index contributed by atoms with van der Waals surface area (Å²) in [5, 5.41) is 13.9. The maximum absolute atomic E-state index is 13.3. The second-order valence-electron chi connectivity index (χ2n) is 6.38. The van der Waals surface area contributed by atoms with Crippen molar-refractivity contribution in [2.24, 2.45) is 0 Å². The number of amides is 1. The lowest BCUT2D eigenvalue weighted by Gasteiger charge is -2.02. The molecule has 2 heterocycles. The summed E-state index contributed by atoms with van der Waals surface area (Å²) < 4.78 is 20.1. The number of ether oxygens (including phenoxy) is 1. The number of rotatable bonds is 6. The predicted molar refractivity (Wildman–Crippen MR) is 106 cm³/mol. The van der Waals surface area contributed by atoms with Crippen LogP contribution in [0.1, 0.15) is 16.1 Å². The second kappa shape index (κ2) is 7.97. The third-order valence-corrected chi connectivity index (χ3v) is 4.30. The number of methoxy groups -OCH3 is 1. The lowest BCUT2D eigenvalue weighted by Crippen LogP contribution is -2.13. The molecule has 7 nitrogen and oxygen atoms in total. The average molecular weight is 391 g/mol. The van der Waals surface area contributed by atoms with Crippen LogP contribution in [0, 0.1) is 5.82 Å². The molecule has 4 aromatic rings. The van der Waals surface area contributed by atoms with Crippen molar-refractivity contribution in [2.75, 3.05) is 12.4 Å². The van der Waals surface area contributed by atoms with Gasteiger partial charge < -0.3 is 10.1 Å². The first-order valence-corrected chi connectivity index (χ1v) is 8.90. The Morgan fingerprint density at radius 3 is 2.86 bits per heavy atom. The molecule has 0 aliphatic carbocycles. The first-order valence-electron chi connectivity index (χ1n) is 8.90. The summed E-state index contributed by atoms with van der Waals surface area (Å²) in [5.41, 5.74) is 2.55. The molecular weight excluding hydrogens is 373 g/mol. The van der Waals surface area contributed by atoms with E-state index in [-0.39, 0.29) is 11.7 Å². The Hall–Kier alpha value is -3.94. The van der Waals surface area contributed by atoms with Crippen LogP contribution in [0.4, 0.5) is 10.2 Å². The van der Waals surface area contributed by atoms with Crippen LogP contribution in [0.15, 0.2) is 66.9 Å². The fourth-order valence-electron chi connectivity index (χ4n) is 2.89. The van der Waals surface area contributed by atoms with E-state index < -0.39 is 0 Å². The molecule has 0 fully saturated rings. The first-order chi connectivity index (χ1) is 14.1. The Morgan fingerprint density at radius 2 is 2.03 bits per heavy atom. The fourth-order valence-corrected chi connectivity index (χ4v) is 2.89. The molecule has 0 aliphatic rings. The summed E-state index contributed by atoms with van der Waals surface area (Å²) >= 11 is 0. The maximum atomic E-state index is 13.3. The number of nitrogens with zero attached hydrogens (tertiary/aromatic N) is 3. The van der Waals surface area contributed by atoms with E-state index in [9.17, 15) is 9.18 Å². The lowest BCUT2D eigenvalue weighted by atomic mass is 10.1. The molecule has 29 heavy (non-hydrogen) atoms. The minimum absolute atomic E-state index is 0.297. The monoisotopic (exact) mass is 391 g/mol. The summed E-state index contributed by atoms with van der Waals surface area (Å²) in [6.45, 7) is 0.400. The molecule has 0 saturated heterocycles. The smallest absolute Gasteiger partial charge is 0.274 e. The summed E-state index contributed by atoms with van der Waals surface area (Å²) in [6, 6.07) is 17.1. The normalized spacial score (nSPS) is 10.7. The van der Waals surface area contributed by atoms with Crippen molar-refractivity contribution in [1.29, 1.82) is 0 Å². The van der Waals surface area contributed by atoms with Gasteiger partial charge in [0.25, 0.3) is 5.91 Å². The first kappa shape index (κ1) is 18.4. The fraction of sp³-hybridized carbons (Fsp3) is 0.0952. The molecule has 4 rings (SSSR count). The highest BCUT2D eigenvalue weighted by atomic mass is 19.1. The zero-order valence-electron chi connectivity index (χ0n) is 15.6. The van der Waals surface area contributed by atoms with Crippen LogP contribution in [-0.2, 0) is 6.54 Å². The molecule has 0 spiro atoms. The Bertz CT molecular complexity index is 1150. The van der Waals surface area contributed by atoms with Gasteiger partial charge in [-0.1, -0.05) is 24.3 Å². The summed E-state index contributed by atoms with van der Waals surface area (Å²) in [4.78, 5) is 12.5. The average Bonchev–Trinajstić information content (AvgIpc) is 3.38. The zero-order chi connectivity index (χ0) is 20.2. The van der Waals surface area contributed by atoms with Crippen molar-refractivity contribution < 1.29 is 13.9 Å². The molecule has 0 unspecified atom stereocenters. The molecule has 0 radical (unpaired) electrons. The molecular formula is C21H18FN5O2. The van der Waals surface area contributed by atoms with E-state index in [0.717, 1.165) is 11.1 Å². The number of nitrogens with one attached hydrogen (secondary N) is 2. The molecule has 8 heteroatoms. The number of hydrogen-bond donors (Lipinski definition) is 2. The number of aromatic amines is 1. The topological polar surface area (TPSA) is 84.8 Å². The van der Waals surface area contributed by atoms with Crippen molar-refractivity contribution in [2.45, 2.75) is 6.54 Å². The van der Waals surface area contributed by atoms with Crippen LogP contribution in [0.25, 0.3) is 11.3 Å². The van der Waals surface area contributed by atoms with Gasteiger partial charge in [-0.2, -0.15) is 10.2 Å². The van der Waals surface area contributed by atoms with Gasteiger partial charge in [-0.05, 0) is 35.9 Å².